The zero-order valence-corrected chi connectivity index (χ0v) is 10.2. The van der Waals surface area contributed by atoms with Gasteiger partial charge in [-0.2, -0.15) is 5.26 Å². The first kappa shape index (κ1) is 11.6. The molecule has 0 aromatic heterocycles. The molecule has 0 bridgehead atoms. The van der Waals surface area contributed by atoms with E-state index in [1.807, 2.05) is 25.1 Å². The standard InChI is InChI=1S/C14H11NOS/c1-10-4-2-5-11(9-15)14(10)17-13-7-3-6-12(16)8-13/h2-8,16H,1H3. The molecule has 0 aliphatic rings. The highest BCUT2D eigenvalue weighted by Gasteiger charge is 2.07. The number of benzene rings is 2. The minimum Gasteiger partial charge on any atom is -0.508 e. The van der Waals surface area contributed by atoms with E-state index < -0.39 is 0 Å². The van der Waals surface area contributed by atoms with Gasteiger partial charge >= 0.3 is 0 Å². The van der Waals surface area contributed by atoms with Crippen LogP contribution in [0.5, 0.6) is 5.75 Å². The normalized spacial score (nSPS) is 9.88. The van der Waals surface area contributed by atoms with Crippen molar-refractivity contribution in [3.05, 3.63) is 53.6 Å². The van der Waals surface area contributed by atoms with Gasteiger partial charge in [-0.05, 0) is 36.8 Å². The van der Waals surface area contributed by atoms with E-state index in [1.54, 1.807) is 24.3 Å². The number of hydrogen-bond acceptors (Lipinski definition) is 3. The molecule has 0 radical (unpaired) electrons. The van der Waals surface area contributed by atoms with Crippen LogP contribution < -0.4 is 0 Å². The number of nitriles is 1. The Morgan fingerprint density at radius 2 is 1.94 bits per heavy atom. The molecule has 84 valence electrons. The Morgan fingerprint density at radius 3 is 2.65 bits per heavy atom. The summed E-state index contributed by atoms with van der Waals surface area (Å²) in [5.74, 6) is 0.238. The quantitative estimate of drug-likeness (QED) is 0.871. The first-order chi connectivity index (χ1) is 8.20. The number of aromatic hydroxyl groups is 1. The van der Waals surface area contributed by atoms with Crippen molar-refractivity contribution in [1.29, 1.82) is 5.26 Å². The lowest BCUT2D eigenvalue weighted by atomic mass is 10.1. The van der Waals surface area contributed by atoms with Gasteiger partial charge in [0.1, 0.15) is 11.8 Å². The molecule has 17 heavy (non-hydrogen) atoms. The van der Waals surface area contributed by atoms with Crippen LogP contribution in [-0.4, -0.2) is 5.11 Å². The lowest BCUT2D eigenvalue weighted by molar-refractivity contribution is 0.474. The zero-order valence-electron chi connectivity index (χ0n) is 9.34. The van der Waals surface area contributed by atoms with E-state index in [4.69, 9.17) is 5.26 Å². The van der Waals surface area contributed by atoms with E-state index in [0.29, 0.717) is 5.56 Å². The maximum atomic E-state index is 9.41. The Labute approximate surface area is 105 Å². The second-order valence-corrected chi connectivity index (χ2v) is 4.75. The molecule has 2 aromatic carbocycles. The second-order valence-electron chi connectivity index (χ2n) is 3.66. The van der Waals surface area contributed by atoms with Crippen molar-refractivity contribution >= 4 is 11.8 Å². The largest absolute Gasteiger partial charge is 0.508 e. The van der Waals surface area contributed by atoms with Crippen LogP contribution in [0.15, 0.2) is 52.3 Å². The number of rotatable bonds is 2. The summed E-state index contributed by atoms with van der Waals surface area (Å²) in [7, 11) is 0. The Bertz CT molecular complexity index is 587. The Balaban J connectivity index is 2.40. The van der Waals surface area contributed by atoms with Crippen LogP contribution >= 0.6 is 11.8 Å². The number of nitrogens with zero attached hydrogens (tertiary/aromatic N) is 1. The van der Waals surface area contributed by atoms with Crippen LogP contribution in [0.2, 0.25) is 0 Å². The number of phenols is 1. The number of hydrogen-bond donors (Lipinski definition) is 1. The minimum absolute atomic E-state index is 0.238. The summed E-state index contributed by atoms with van der Waals surface area (Å²) in [6.07, 6.45) is 0. The number of aryl methyl sites for hydroxylation is 1. The molecule has 1 N–H and O–H groups in total. The van der Waals surface area contributed by atoms with Gasteiger partial charge in [-0.25, -0.2) is 0 Å². The summed E-state index contributed by atoms with van der Waals surface area (Å²) in [6, 6.07) is 14.9. The maximum absolute atomic E-state index is 9.41. The molecular formula is C14H11NOS. The SMILES string of the molecule is Cc1cccc(C#N)c1Sc1cccc(O)c1. The highest BCUT2D eigenvalue weighted by molar-refractivity contribution is 7.99. The highest BCUT2D eigenvalue weighted by atomic mass is 32.2. The van der Waals surface area contributed by atoms with Crippen LogP contribution in [0, 0.1) is 18.3 Å². The van der Waals surface area contributed by atoms with Gasteiger partial charge in [0.15, 0.2) is 0 Å². The van der Waals surface area contributed by atoms with Crippen LogP contribution in [0.1, 0.15) is 11.1 Å². The molecule has 0 fully saturated rings. The monoisotopic (exact) mass is 241 g/mol. The molecular weight excluding hydrogens is 230 g/mol. The molecule has 0 spiro atoms. The van der Waals surface area contributed by atoms with Crippen molar-refractivity contribution in [2.45, 2.75) is 16.7 Å². The van der Waals surface area contributed by atoms with Gasteiger partial charge in [0.05, 0.1) is 5.56 Å². The van der Waals surface area contributed by atoms with Gasteiger partial charge in [-0.15, -0.1) is 0 Å². The van der Waals surface area contributed by atoms with E-state index in [2.05, 4.69) is 6.07 Å². The van der Waals surface area contributed by atoms with Gasteiger partial charge < -0.3 is 5.11 Å². The van der Waals surface area contributed by atoms with Crippen molar-refractivity contribution in [3.8, 4) is 11.8 Å². The lowest BCUT2D eigenvalue weighted by Gasteiger charge is -2.07. The molecule has 0 saturated heterocycles. The third kappa shape index (κ3) is 2.61. The predicted octanol–water partition coefficient (Wildman–Crippen LogP) is 3.72. The van der Waals surface area contributed by atoms with Crippen LogP contribution in [0.25, 0.3) is 0 Å². The van der Waals surface area contributed by atoms with Crippen molar-refractivity contribution in [2.24, 2.45) is 0 Å². The summed E-state index contributed by atoms with van der Waals surface area (Å²) in [6.45, 7) is 1.98. The van der Waals surface area contributed by atoms with Crippen molar-refractivity contribution in [1.82, 2.24) is 0 Å². The van der Waals surface area contributed by atoms with E-state index in [1.165, 1.54) is 11.8 Å². The molecule has 0 amide bonds. The molecule has 2 aromatic rings. The highest BCUT2D eigenvalue weighted by Crippen LogP contribution is 2.34. The first-order valence-corrected chi connectivity index (χ1v) is 5.99. The molecule has 2 rings (SSSR count). The van der Waals surface area contributed by atoms with Crippen molar-refractivity contribution in [3.63, 3.8) is 0 Å². The van der Waals surface area contributed by atoms with Crippen LogP contribution in [0.4, 0.5) is 0 Å². The van der Waals surface area contributed by atoms with Gasteiger partial charge in [0.2, 0.25) is 0 Å². The summed E-state index contributed by atoms with van der Waals surface area (Å²) < 4.78 is 0. The molecule has 0 saturated carbocycles. The van der Waals surface area contributed by atoms with E-state index in [9.17, 15) is 5.11 Å². The van der Waals surface area contributed by atoms with Gasteiger partial charge in [-0.1, -0.05) is 30.0 Å². The average Bonchev–Trinajstić information content (AvgIpc) is 2.32. The fourth-order valence-corrected chi connectivity index (χ4v) is 2.56. The smallest absolute Gasteiger partial charge is 0.116 e. The lowest BCUT2D eigenvalue weighted by Crippen LogP contribution is -1.85. The molecule has 2 nitrogen and oxygen atoms in total. The van der Waals surface area contributed by atoms with Gasteiger partial charge in [0.25, 0.3) is 0 Å². The Kier molecular flexibility index (Phi) is 3.36. The third-order valence-corrected chi connectivity index (χ3v) is 3.61. The summed E-state index contributed by atoms with van der Waals surface area (Å²) in [5, 5.41) is 18.5. The summed E-state index contributed by atoms with van der Waals surface area (Å²) >= 11 is 1.50. The minimum atomic E-state index is 0.238. The Hall–Kier alpha value is -1.92. The van der Waals surface area contributed by atoms with Crippen LogP contribution in [-0.2, 0) is 0 Å². The van der Waals surface area contributed by atoms with Crippen LogP contribution in [0.3, 0.4) is 0 Å². The topological polar surface area (TPSA) is 44.0 Å². The maximum Gasteiger partial charge on any atom is 0.116 e. The molecule has 3 heteroatoms. The van der Waals surface area contributed by atoms with Gasteiger partial charge in [-0.3, -0.25) is 0 Å². The molecule has 0 unspecified atom stereocenters. The fraction of sp³-hybridized carbons (Fsp3) is 0.0714. The molecule has 0 heterocycles. The zero-order chi connectivity index (χ0) is 12.3. The first-order valence-electron chi connectivity index (χ1n) is 5.17. The number of phenolic OH excluding ortho intramolecular Hbond substituents is 1. The summed E-state index contributed by atoms with van der Waals surface area (Å²) in [5.41, 5.74) is 1.73. The van der Waals surface area contributed by atoms with E-state index >= 15 is 0 Å². The second kappa shape index (κ2) is 4.94. The molecule has 0 atom stereocenters. The predicted molar refractivity (Wildman–Crippen MR) is 68.1 cm³/mol. The molecule has 0 aliphatic carbocycles. The van der Waals surface area contributed by atoms with E-state index in [-0.39, 0.29) is 5.75 Å². The van der Waals surface area contributed by atoms with Crippen molar-refractivity contribution < 1.29 is 5.11 Å². The third-order valence-electron chi connectivity index (χ3n) is 2.37. The van der Waals surface area contributed by atoms with Gasteiger partial charge in [0, 0.05) is 9.79 Å². The Morgan fingerprint density at radius 1 is 1.18 bits per heavy atom. The van der Waals surface area contributed by atoms with E-state index in [0.717, 1.165) is 15.4 Å². The average molecular weight is 241 g/mol. The fourth-order valence-electron chi connectivity index (χ4n) is 1.54. The molecule has 0 aliphatic heterocycles. The summed E-state index contributed by atoms with van der Waals surface area (Å²) in [4.78, 5) is 1.87. The van der Waals surface area contributed by atoms with Crippen molar-refractivity contribution in [2.75, 3.05) is 0 Å².